The summed E-state index contributed by atoms with van der Waals surface area (Å²) in [4.78, 5) is 18.8. The summed E-state index contributed by atoms with van der Waals surface area (Å²) in [6.45, 7) is 3.58. The largest absolute Gasteiger partial charge is 0.342 e. The van der Waals surface area contributed by atoms with Gasteiger partial charge in [-0.15, -0.1) is 0 Å². The van der Waals surface area contributed by atoms with Crippen molar-refractivity contribution in [2.45, 2.75) is 32.1 Å². The van der Waals surface area contributed by atoms with E-state index in [1.807, 2.05) is 4.90 Å². The van der Waals surface area contributed by atoms with E-state index in [0.29, 0.717) is 24.2 Å². The van der Waals surface area contributed by atoms with Gasteiger partial charge < -0.3 is 9.42 Å². The molecule has 1 saturated carbocycles. The van der Waals surface area contributed by atoms with E-state index in [0.717, 1.165) is 31.4 Å². The van der Waals surface area contributed by atoms with E-state index < -0.39 is 0 Å². The molecule has 1 amide bonds. The first-order valence-corrected chi connectivity index (χ1v) is 8.50. The van der Waals surface area contributed by atoms with E-state index in [1.165, 1.54) is 12.1 Å². The van der Waals surface area contributed by atoms with E-state index in [-0.39, 0.29) is 23.6 Å². The molecule has 2 aliphatic rings. The molecule has 1 aliphatic heterocycles. The number of hydrogen-bond acceptors (Lipinski definition) is 4. The average Bonchev–Trinajstić information content (AvgIpc) is 3.13. The summed E-state index contributed by atoms with van der Waals surface area (Å²) in [5.41, 5.74) is 0.724. The van der Waals surface area contributed by atoms with E-state index in [9.17, 15) is 9.18 Å². The molecule has 1 saturated heterocycles. The first-order valence-electron chi connectivity index (χ1n) is 8.50. The summed E-state index contributed by atoms with van der Waals surface area (Å²) >= 11 is 0. The summed E-state index contributed by atoms with van der Waals surface area (Å²) in [6.07, 6.45) is 2.90. The summed E-state index contributed by atoms with van der Waals surface area (Å²) < 4.78 is 18.4. The minimum atomic E-state index is -0.293. The maximum absolute atomic E-state index is 13.0. The first kappa shape index (κ1) is 15.3. The Morgan fingerprint density at radius 1 is 1.33 bits per heavy atom. The van der Waals surface area contributed by atoms with Crippen molar-refractivity contribution in [1.29, 1.82) is 0 Å². The number of hydrogen-bond donors (Lipinski definition) is 0. The van der Waals surface area contributed by atoms with E-state index in [2.05, 4.69) is 17.1 Å². The van der Waals surface area contributed by atoms with E-state index in [4.69, 9.17) is 4.52 Å². The monoisotopic (exact) mass is 329 g/mol. The van der Waals surface area contributed by atoms with Crippen molar-refractivity contribution in [2.24, 2.45) is 11.8 Å². The zero-order valence-electron chi connectivity index (χ0n) is 13.6. The molecule has 1 aliphatic carbocycles. The second-order valence-electron chi connectivity index (χ2n) is 6.91. The Morgan fingerprint density at radius 2 is 2.08 bits per heavy atom. The van der Waals surface area contributed by atoms with Gasteiger partial charge in [-0.1, -0.05) is 12.1 Å². The van der Waals surface area contributed by atoms with Crippen LogP contribution in [0.2, 0.25) is 0 Å². The molecule has 5 nitrogen and oxygen atoms in total. The van der Waals surface area contributed by atoms with E-state index >= 15 is 0 Å². The lowest BCUT2D eigenvalue weighted by molar-refractivity contribution is -0.134. The van der Waals surface area contributed by atoms with Crippen molar-refractivity contribution in [3.05, 3.63) is 36.0 Å². The lowest BCUT2D eigenvalue weighted by Gasteiger charge is -2.31. The number of aromatic nitrogens is 2. The fraction of sp³-hybridized carbons (Fsp3) is 0.500. The zero-order valence-corrected chi connectivity index (χ0v) is 13.6. The third kappa shape index (κ3) is 2.92. The van der Waals surface area contributed by atoms with Gasteiger partial charge >= 0.3 is 0 Å². The Morgan fingerprint density at radius 3 is 2.79 bits per heavy atom. The molecule has 0 N–H and O–H groups in total. The standard InChI is InChI=1S/C18H20FN3O2/c1-11-9-15(11)18(23)22-8-2-3-13(10-22)17-20-16(21-24-17)12-4-6-14(19)7-5-12/h4-7,11,13,15H,2-3,8-10H2,1H3/t11-,13-,15+/m1/s1. The van der Waals surface area contributed by atoms with Crippen LogP contribution in [0.15, 0.2) is 28.8 Å². The van der Waals surface area contributed by atoms with Crippen LogP contribution in [0.5, 0.6) is 0 Å². The molecule has 0 spiro atoms. The van der Waals surface area contributed by atoms with Crippen LogP contribution in [-0.4, -0.2) is 34.0 Å². The van der Waals surface area contributed by atoms with Gasteiger partial charge in [0.05, 0.1) is 5.92 Å². The molecule has 1 aromatic carbocycles. The number of rotatable bonds is 3. The molecule has 126 valence electrons. The molecular weight excluding hydrogens is 309 g/mol. The molecule has 0 unspecified atom stereocenters. The third-order valence-corrected chi connectivity index (χ3v) is 5.05. The Hall–Kier alpha value is -2.24. The van der Waals surface area contributed by atoms with Gasteiger partial charge in [-0.3, -0.25) is 4.79 Å². The van der Waals surface area contributed by atoms with E-state index in [1.54, 1.807) is 12.1 Å². The van der Waals surface area contributed by atoms with Gasteiger partial charge in [-0.25, -0.2) is 4.39 Å². The number of likely N-dealkylation sites (tertiary alicyclic amines) is 1. The van der Waals surface area contributed by atoms with Crippen LogP contribution in [0, 0.1) is 17.7 Å². The van der Waals surface area contributed by atoms with Crippen LogP contribution in [0.3, 0.4) is 0 Å². The fourth-order valence-corrected chi connectivity index (χ4v) is 3.40. The SMILES string of the molecule is C[C@@H]1C[C@@H]1C(=O)N1CCC[C@@H](c2nc(-c3ccc(F)cc3)no2)C1. The Kier molecular flexibility index (Phi) is 3.82. The second-order valence-corrected chi connectivity index (χ2v) is 6.91. The predicted molar refractivity (Wildman–Crippen MR) is 85.5 cm³/mol. The van der Waals surface area contributed by atoms with Crippen LogP contribution in [-0.2, 0) is 4.79 Å². The molecule has 6 heteroatoms. The van der Waals surface area contributed by atoms with Gasteiger partial charge in [-0.05, 0) is 49.4 Å². The predicted octanol–water partition coefficient (Wildman–Crippen LogP) is 3.24. The molecule has 2 heterocycles. The maximum atomic E-state index is 13.0. The number of benzene rings is 1. The van der Waals surface area contributed by atoms with Crippen molar-refractivity contribution in [1.82, 2.24) is 15.0 Å². The van der Waals surface area contributed by atoms with Crippen LogP contribution < -0.4 is 0 Å². The van der Waals surface area contributed by atoms with Crippen molar-refractivity contribution in [3.63, 3.8) is 0 Å². The van der Waals surface area contributed by atoms with Crippen molar-refractivity contribution in [2.75, 3.05) is 13.1 Å². The Balaban J connectivity index is 1.47. The lowest BCUT2D eigenvalue weighted by Crippen LogP contribution is -2.40. The van der Waals surface area contributed by atoms with Crippen molar-refractivity contribution < 1.29 is 13.7 Å². The zero-order chi connectivity index (χ0) is 16.7. The Bertz CT molecular complexity index is 743. The topological polar surface area (TPSA) is 59.2 Å². The molecule has 4 rings (SSSR count). The van der Waals surface area contributed by atoms with Gasteiger partial charge in [0.25, 0.3) is 0 Å². The highest BCUT2D eigenvalue weighted by atomic mass is 19.1. The summed E-state index contributed by atoms with van der Waals surface area (Å²) in [6, 6.07) is 6.02. The van der Waals surface area contributed by atoms with Gasteiger partial charge in [0.1, 0.15) is 5.82 Å². The third-order valence-electron chi connectivity index (χ3n) is 5.05. The first-order chi connectivity index (χ1) is 11.6. The minimum Gasteiger partial charge on any atom is -0.342 e. The normalized spacial score (nSPS) is 26.4. The Labute approximate surface area is 139 Å². The lowest BCUT2D eigenvalue weighted by atomic mass is 9.97. The van der Waals surface area contributed by atoms with Crippen LogP contribution >= 0.6 is 0 Å². The number of amides is 1. The van der Waals surface area contributed by atoms with Crippen molar-refractivity contribution >= 4 is 5.91 Å². The number of carbonyl (C=O) groups excluding carboxylic acids is 1. The average molecular weight is 329 g/mol. The molecule has 0 bridgehead atoms. The molecule has 0 radical (unpaired) electrons. The summed E-state index contributed by atoms with van der Waals surface area (Å²) in [5.74, 6) is 1.81. The van der Waals surface area contributed by atoms with Gasteiger partial charge in [0.2, 0.25) is 17.6 Å². The number of carbonyl (C=O) groups is 1. The van der Waals surface area contributed by atoms with Gasteiger partial charge in [-0.2, -0.15) is 4.98 Å². The minimum absolute atomic E-state index is 0.0819. The number of piperidine rings is 1. The molecule has 1 aromatic heterocycles. The quantitative estimate of drug-likeness (QED) is 0.867. The summed E-state index contributed by atoms with van der Waals surface area (Å²) in [5, 5.41) is 4.01. The van der Waals surface area contributed by atoms with Crippen molar-refractivity contribution in [3.8, 4) is 11.4 Å². The van der Waals surface area contributed by atoms with Crippen LogP contribution in [0.4, 0.5) is 4.39 Å². The van der Waals surface area contributed by atoms with Gasteiger partial charge in [0.15, 0.2) is 0 Å². The maximum Gasteiger partial charge on any atom is 0.231 e. The summed E-state index contributed by atoms with van der Waals surface area (Å²) in [7, 11) is 0. The van der Waals surface area contributed by atoms with Crippen LogP contribution in [0.25, 0.3) is 11.4 Å². The highest BCUT2D eigenvalue weighted by molar-refractivity contribution is 5.81. The van der Waals surface area contributed by atoms with Gasteiger partial charge in [0, 0.05) is 24.6 Å². The highest BCUT2D eigenvalue weighted by Gasteiger charge is 2.42. The number of halogens is 1. The molecular formula is C18H20FN3O2. The molecule has 24 heavy (non-hydrogen) atoms. The highest BCUT2D eigenvalue weighted by Crippen LogP contribution is 2.40. The fourth-order valence-electron chi connectivity index (χ4n) is 3.40. The second kappa shape index (κ2) is 6.00. The molecule has 2 fully saturated rings. The number of nitrogens with zero attached hydrogens (tertiary/aromatic N) is 3. The molecule has 3 atom stereocenters. The van der Waals surface area contributed by atoms with Crippen LogP contribution in [0.1, 0.15) is 38.0 Å². The molecule has 2 aromatic rings. The smallest absolute Gasteiger partial charge is 0.231 e.